The number of para-hydroxylation sites is 1. The predicted molar refractivity (Wildman–Crippen MR) is 121 cm³/mol. The minimum atomic E-state index is -0.224. The Bertz CT molecular complexity index is 1100. The van der Waals surface area contributed by atoms with Crippen LogP contribution in [0.3, 0.4) is 0 Å². The second-order valence-corrected chi connectivity index (χ2v) is 7.31. The summed E-state index contributed by atoms with van der Waals surface area (Å²) in [5, 5.41) is 3.20. The average Bonchev–Trinajstić information content (AvgIpc) is 3.09. The summed E-state index contributed by atoms with van der Waals surface area (Å²) in [6.45, 7) is 0. The lowest BCUT2D eigenvalue weighted by molar-refractivity contribution is -0.114. The van der Waals surface area contributed by atoms with Gasteiger partial charge in [0.15, 0.2) is 5.17 Å². The number of nitrogens with one attached hydrogen (secondary N) is 1. The van der Waals surface area contributed by atoms with E-state index in [1.807, 2.05) is 60.7 Å². The Balaban J connectivity index is 1.55. The van der Waals surface area contributed by atoms with Gasteiger partial charge in [0.25, 0.3) is 5.91 Å². The van der Waals surface area contributed by atoms with E-state index in [2.05, 4.69) is 15.3 Å². The molecular formula is C23H18N4O2S. The fourth-order valence-corrected chi connectivity index (χ4v) is 3.66. The summed E-state index contributed by atoms with van der Waals surface area (Å²) in [5.74, 6) is 0.141. The summed E-state index contributed by atoms with van der Waals surface area (Å²) in [6.07, 6.45) is 3.36. The van der Waals surface area contributed by atoms with Gasteiger partial charge in [0.2, 0.25) is 5.91 Å². The average molecular weight is 414 g/mol. The zero-order chi connectivity index (χ0) is 20.8. The molecule has 7 heteroatoms. The van der Waals surface area contributed by atoms with E-state index in [4.69, 9.17) is 0 Å². The van der Waals surface area contributed by atoms with Gasteiger partial charge < -0.3 is 5.32 Å². The molecule has 0 bridgehead atoms. The molecule has 0 atom stereocenters. The highest BCUT2D eigenvalue weighted by atomic mass is 32.2. The Morgan fingerprint density at radius 3 is 2.37 bits per heavy atom. The largest absolute Gasteiger partial charge is 0.310 e. The lowest BCUT2D eigenvalue weighted by Crippen LogP contribution is -2.31. The monoisotopic (exact) mass is 414 g/mol. The second-order valence-electron chi connectivity index (χ2n) is 6.36. The molecule has 0 radical (unpaired) electrons. The first-order valence-electron chi connectivity index (χ1n) is 9.29. The molecule has 2 heterocycles. The number of benzene rings is 2. The van der Waals surface area contributed by atoms with Crippen LogP contribution in [0.4, 0.5) is 11.5 Å². The third-order valence-electron chi connectivity index (χ3n) is 4.21. The number of aromatic nitrogens is 1. The Kier molecular flexibility index (Phi) is 6.01. The van der Waals surface area contributed by atoms with Crippen LogP contribution in [0.2, 0.25) is 0 Å². The van der Waals surface area contributed by atoms with Crippen LogP contribution in [0.5, 0.6) is 0 Å². The zero-order valence-electron chi connectivity index (χ0n) is 15.9. The van der Waals surface area contributed by atoms with Crippen LogP contribution < -0.4 is 10.2 Å². The van der Waals surface area contributed by atoms with Crippen LogP contribution in [0, 0.1) is 0 Å². The van der Waals surface area contributed by atoms with Crippen molar-refractivity contribution in [1.82, 2.24) is 4.98 Å². The Hall–Kier alpha value is -3.71. The molecule has 0 spiro atoms. The molecule has 2 amide bonds. The molecular weight excluding hydrogens is 396 g/mol. The Labute approximate surface area is 178 Å². The molecule has 0 aliphatic carbocycles. The quantitative estimate of drug-likeness (QED) is 0.635. The SMILES string of the molecule is O=C(CSC1=N/C(=C\c2ccccc2)C(=O)N1c1ccccc1)Nc1ccccn1. The van der Waals surface area contributed by atoms with Gasteiger partial charge in [0.05, 0.1) is 11.4 Å². The van der Waals surface area contributed by atoms with Gasteiger partial charge in [0, 0.05) is 6.20 Å². The molecule has 4 rings (SSSR count). The fourth-order valence-electron chi connectivity index (χ4n) is 2.85. The van der Waals surface area contributed by atoms with Crippen LogP contribution in [-0.4, -0.2) is 27.7 Å². The minimum Gasteiger partial charge on any atom is -0.310 e. The third kappa shape index (κ3) is 4.64. The molecule has 1 aliphatic heterocycles. The number of amides is 2. The highest BCUT2D eigenvalue weighted by Gasteiger charge is 2.32. The predicted octanol–water partition coefficient (Wildman–Crippen LogP) is 4.20. The number of pyridine rings is 1. The summed E-state index contributed by atoms with van der Waals surface area (Å²) < 4.78 is 0. The number of anilines is 2. The van der Waals surface area contributed by atoms with E-state index in [9.17, 15) is 9.59 Å². The highest BCUT2D eigenvalue weighted by molar-refractivity contribution is 8.14. The van der Waals surface area contributed by atoms with Crippen LogP contribution in [0.25, 0.3) is 6.08 Å². The summed E-state index contributed by atoms with van der Waals surface area (Å²) >= 11 is 1.21. The molecule has 0 saturated heterocycles. The molecule has 1 N–H and O–H groups in total. The van der Waals surface area contributed by atoms with Crippen molar-refractivity contribution in [1.29, 1.82) is 0 Å². The summed E-state index contributed by atoms with van der Waals surface area (Å²) in [6, 6.07) is 24.1. The number of carbonyl (C=O) groups is 2. The van der Waals surface area contributed by atoms with Crippen LogP contribution in [0.1, 0.15) is 5.56 Å². The number of aliphatic imine (C=N–C) groups is 1. The molecule has 0 saturated carbocycles. The van der Waals surface area contributed by atoms with Crippen molar-refractivity contribution < 1.29 is 9.59 Å². The molecule has 0 unspecified atom stereocenters. The van der Waals surface area contributed by atoms with Crippen molar-refractivity contribution in [3.05, 3.63) is 96.3 Å². The van der Waals surface area contributed by atoms with Crippen molar-refractivity contribution in [3.8, 4) is 0 Å². The van der Waals surface area contributed by atoms with Gasteiger partial charge in [-0.05, 0) is 35.9 Å². The van der Waals surface area contributed by atoms with Gasteiger partial charge in [-0.3, -0.25) is 14.5 Å². The van der Waals surface area contributed by atoms with Crippen molar-refractivity contribution in [2.45, 2.75) is 0 Å². The molecule has 2 aromatic carbocycles. The maximum atomic E-state index is 13.1. The maximum absolute atomic E-state index is 13.1. The topological polar surface area (TPSA) is 74.7 Å². The zero-order valence-corrected chi connectivity index (χ0v) is 16.8. The van der Waals surface area contributed by atoms with E-state index in [0.717, 1.165) is 5.56 Å². The first kappa shape index (κ1) is 19.6. The Morgan fingerprint density at radius 1 is 0.967 bits per heavy atom. The first-order valence-corrected chi connectivity index (χ1v) is 10.3. The fraction of sp³-hybridized carbons (Fsp3) is 0.0435. The number of nitrogens with zero attached hydrogens (tertiary/aromatic N) is 3. The van der Waals surface area contributed by atoms with Gasteiger partial charge in [-0.1, -0.05) is 66.4 Å². The standard InChI is InChI=1S/C23H18N4O2S/c28-21(26-20-13-7-8-14-24-20)16-30-23-25-19(15-17-9-3-1-4-10-17)22(29)27(23)18-11-5-2-6-12-18/h1-15H,16H2,(H,24,26,28)/b19-15-. The van der Waals surface area contributed by atoms with E-state index >= 15 is 0 Å². The van der Waals surface area contributed by atoms with Crippen molar-refractivity contribution >= 4 is 46.3 Å². The van der Waals surface area contributed by atoms with Gasteiger partial charge in [-0.15, -0.1) is 0 Å². The van der Waals surface area contributed by atoms with Gasteiger partial charge in [-0.2, -0.15) is 0 Å². The van der Waals surface area contributed by atoms with Crippen LogP contribution in [0.15, 0.2) is 95.7 Å². The Morgan fingerprint density at radius 2 is 1.67 bits per heavy atom. The maximum Gasteiger partial charge on any atom is 0.283 e. The molecule has 1 aromatic heterocycles. The van der Waals surface area contributed by atoms with Crippen molar-refractivity contribution in [2.75, 3.05) is 16.0 Å². The second kappa shape index (κ2) is 9.19. The van der Waals surface area contributed by atoms with E-state index in [-0.39, 0.29) is 17.6 Å². The first-order chi connectivity index (χ1) is 14.7. The van der Waals surface area contributed by atoms with Crippen LogP contribution >= 0.6 is 11.8 Å². The lowest BCUT2D eigenvalue weighted by Gasteiger charge is -2.17. The number of thioether (sulfide) groups is 1. The number of amidine groups is 1. The molecule has 148 valence electrons. The smallest absolute Gasteiger partial charge is 0.283 e. The number of hydrogen-bond donors (Lipinski definition) is 1. The van der Waals surface area contributed by atoms with E-state index in [1.54, 1.807) is 30.5 Å². The third-order valence-corrected chi connectivity index (χ3v) is 5.15. The molecule has 1 aliphatic rings. The molecule has 3 aromatic rings. The summed E-state index contributed by atoms with van der Waals surface area (Å²) in [5.41, 5.74) is 1.92. The number of hydrogen-bond acceptors (Lipinski definition) is 5. The van der Waals surface area contributed by atoms with E-state index in [1.165, 1.54) is 16.7 Å². The normalized spacial score (nSPS) is 14.7. The van der Waals surface area contributed by atoms with Gasteiger partial charge in [-0.25, -0.2) is 9.98 Å². The van der Waals surface area contributed by atoms with Crippen molar-refractivity contribution in [2.24, 2.45) is 4.99 Å². The van der Waals surface area contributed by atoms with Gasteiger partial charge in [0.1, 0.15) is 11.5 Å². The number of carbonyl (C=O) groups excluding carboxylic acids is 2. The van der Waals surface area contributed by atoms with Crippen molar-refractivity contribution in [3.63, 3.8) is 0 Å². The van der Waals surface area contributed by atoms with E-state index < -0.39 is 0 Å². The van der Waals surface area contributed by atoms with E-state index in [0.29, 0.717) is 22.4 Å². The summed E-state index contributed by atoms with van der Waals surface area (Å²) in [4.78, 5) is 35.5. The highest BCUT2D eigenvalue weighted by Crippen LogP contribution is 2.29. The summed E-state index contributed by atoms with van der Waals surface area (Å²) in [7, 11) is 0. The van der Waals surface area contributed by atoms with Crippen LogP contribution in [-0.2, 0) is 9.59 Å². The number of rotatable bonds is 5. The molecule has 0 fully saturated rings. The lowest BCUT2D eigenvalue weighted by atomic mass is 10.2. The molecule has 30 heavy (non-hydrogen) atoms. The minimum absolute atomic E-state index is 0.102. The molecule has 6 nitrogen and oxygen atoms in total. The van der Waals surface area contributed by atoms with Gasteiger partial charge >= 0.3 is 0 Å².